The Kier molecular flexibility index (Phi) is 7.99. The van der Waals surface area contributed by atoms with E-state index in [2.05, 4.69) is 23.5 Å². The van der Waals surface area contributed by atoms with Crippen molar-refractivity contribution in [3.8, 4) is 5.75 Å². The molecule has 180 valence electrons. The van der Waals surface area contributed by atoms with E-state index in [-0.39, 0.29) is 28.9 Å². The van der Waals surface area contributed by atoms with Gasteiger partial charge in [0, 0.05) is 39.4 Å². The van der Waals surface area contributed by atoms with Gasteiger partial charge in [0.1, 0.15) is 12.4 Å². The zero-order chi connectivity index (χ0) is 24.2. The van der Waals surface area contributed by atoms with Crippen LogP contribution in [0.1, 0.15) is 24.2 Å². The lowest BCUT2D eigenvalue weighted by molar-refractivity contribution is 0.0150. The lowest BCUT2D eigenvalue weighted by Crippen LogP contribution is -2.45. The molecule has 0 spiro atoms. The standard InChI is InChI=1S/C24H33N3O5S/c1-17-14-26(3)18(2)16-32-22-13-19(25-33(29,30)20-9-7-6-8-10-20)11-12-21(22)24(28)27(4)15-23(17)31-5/h6-13,17-18,23,25H,14-16H2,1-5H3/t17-,18-,23+/m0/s1. The molecule has 1 aliphatic heterocycles. The van der Waals surface area contributed by atoms with Crippen molar-refractivity contribution in [3.63, 3.8) is 0 Å². The van der Waals surface area contributed by atoms with E-state index >= 15 is 0 Å². The molecule has 33 heavy (non-hydrogen) atoms. The number of carbonyl (C=O) groups is 1. The van der Waals surface area contributed by atoms with Crippen molar-refractivity contribution in [1.29, 1.82) is 0 Å². The molecular formula is C24H33N3O5S. The Morgan fingerprint density at radius 1 is 1.06 bits per heavy atom. The van der Waals surface area contributed by atoms with Gasteiger partial charge in [-0.1, -0.05) is 25.1 Å². The van der Waals surface area contributed by atoms with Crippen LogP contribution in [0.25, 0.3) is 0 Å². The summed E-state index contributed by atoms with van der Waals surface area (Å²) in [6, 6.07) is 12.9. The molecule has 1 amide bonds. The van der Waals surface area contributed by atoms with E-state index in [1.807, 2.05) is 7.05 Å². The van der Waals surface area contributed by atoms with Crippen molar-refractivity contribution in [2.75, 3.05) is 45.6 Å². The molecule has 0 unspecified atom stereocenters. The Balaban J connectivity index is 1.94. The SMILES string of the molecule is CO[C@@H]1CN(C)C(=O)c2ccc(NS(=O)(=O)c3ccccc3)cc2OC[C@H](C)N(C)C[C@@H]1C. The van der Waals surface area contributed by atoms with Crippen LogP contribution in [0.4, 0.5) is 5.69 Å². The highest BCUT2D eigenvalue weighted by atomic mass is 32.2. The Hall–Kier alpha value is -2.62. The summed E-state index contributed by atoms with van der Waals surface area (Å²) in [5.74, 6) is 0.340. The smallest absolute Gasteiger partial charge is 0.261 e. The monoisotopic (exact) mass is 475 g/mol. The van der Waals surface area contributed by atoms with Gasteiger partial charge >= 0.3 is 0 Å². The molecule has 8 nitrogen and oxygen atoms in total. The molecule has 3 atom stereocenters. The maximum atomic E-state index is 13.2. The van der Waals surface area contributed by atoms with Crippen LogP contribution in [-0.4, -0.2) is 77.2 Å². The van der Waals surface area contributed by atoms with E-state index < -0.39 is 10.0 Å². The molecule has 0 saturated carbocycles. The minimum atomic E-state index is -3.77. The fraction of sp³-hybridized carbons (Fsp3) is 0.458. The second-order valence-electron chi connectivity index (χ2n) is 8.67. The third-order valence-electron chi connectivity index (χ3n) is 6.06. The Morgan fingerprint density at radius 2 is 1.76 bits per heavy atom. The van der Waals surface area contributed by atoms with Crippen LogP contribution in [0.2, 0.25) is 0 Å². The van der Waals surface area contributed by atoms with Crippen molar-refractivity contribution in [3.05, 3.63) is 54.1 Å². The highest BCUT2D eigenvalue weighted by Gasteiger charge is 2.27. The van der Waals surface area contributed by atoms with E-state index in [0.717, 1.165) is 6.54 Å². The predicted molar refractivity (Wildman–Crippen MR) is 128 cm³/mol. The second kappa shape index (κ2) is 10.5. The van der Waals surface area contributed by atoms with Crippen molar-refractivity contribution in [2.24, 2.45) is 5.92 Å². The zero-order valence-corrected chi connectivity index (χ0v) is 20.6. The molecule has 0 aliphatic carbocycles. The molecule has 0 radical (unpaired) electrons. The van der Waals surface area contributed by atoms with E-state index in [0.29, 0.717) is 30.2 Å². The zero-order valence-electron chi connectivity index (χ0n) is 19.8. The molecule has 1 aliphatic rings. The van der Waals surface area contributed by atoms with E-state index in [1.54, 1.807) is 55.5 Å². The average Bonchev–Trinajstić information content (AvgIpc) is 2.80. The topological polar surface area (TPSA) is 88.2 Å². The minimum Gasteiger partial charge on any atom is -0.491 e. The number of fused-ring (bicyclic) bond motifs is 1. The number of nitrogens with one attached hydrogen (secondary N) is 1. The third-order valence-corrected chi connectivity index (χ3v) is 7.46. The second-order valence-corrected chi connectivity index (χ2v) is 10.3. The first kappa shape index (κ1) is 25.0. The summed E-state index contributed by atoms with van der Waals surface area (Å²) < 4.78 is 39.8. The largest absolute Gasteiger partial charge is 0.491 e. The number of ether oxygens (including phenoxy) is 2. The number of carbonyl (C=O) groups excluding carboxylic acids is 1. The molecule has 0 saturated heterocycles. The van der Waals surface area contributed by atoms with Gasteiger partial charge in [-0.3, -0.25) is 14.4 Å². The summed E-state index contributed by atoms with van der Waals surface area (Å²) in [4.78, 5) is 17.2. The number of hydrogen-bond donors (Lipinski definition) is 1. The van der Waals surface area contributed by atoms with E-state index in [4.69, 9.17) is 9.47 Å². The Morgan fingerprint density at radius 3 is 2.42 bits per heavy atom. The van der Waals surface area contributed by atoms with Crippen LogP contribution in [0.3, 0.4) is 0 Å². The first-order valence-electron chi connectivity index (χ1n) is 11.0. The van der Waals surface area contributed by atoms with Gasteiger partial charge in [-0.05, 0) is 44.2 Å². The molecule has 2 aromatic rings. The first-order chi connectivity index (χ1) is 15.6. The van der Waals surface area contributed by atoms with Crippen molar-refractivity contribution in [1.82, 2.24) is 9.80 Å². The van der Waals surface area contributed by atoms with Crippen molar-refractivity contribution < 1.29 is 22.7 Å². The summed E-state index contributed by atoms with van der Waals surface area (Å²) in [7, 11) is 1.66. The number of amides is 1. The van der Waals surface area contributed by atoms with Gasteiger partial charge in [0.25, 0.3) is 15.9 Å². The normalized spacial score (nSPS) is 23.1. The molecule has 3 rings (SSSR count). The highest BCUT2D eigenvalue weighted by Crippen LogP contribution is 2.28. The number of rotatable bonds is 4. The molecule has 0 bridgehead atoms. The molecular weight excluding hydrogens is 442 g/mol. The summed E-state index contributed by atoms with van der Waals surface area (Å²) in [5, 5.41) is 0. The summed E-state index contributed by atoms with van der Waals surface area (Å²) in [6.07, 6.45) is -0.116. The quantitative estimate of drug-likeness (QED) is 0.732. The van der Waals surface area contributed by atoms with Crippen LogP contribution in [0.5, 0.6) is 5.75 Å². The van der Waals surface area contributed by atoms with Crippen molar-refractivity contribution >= 4 is 21.6 Å². The van der Waals surface area contributed by atoms with Gasteiger partial charge in [0.15, 0.2) is 0 Å². The third kappa shape index (κ3) is 6.04. The number of likely N-dealkylation sites (N-methyl/N-ethyl adjacent to an activating group) is 2. The fourth-order valence-electron chi connectivity index (χ4n) is 3.83. The van der Waals surface area contributed by atoms with Gasteiger partial charge in [-0.25, -0.2) is 8.42 Å². The minimum absolute atomic E-state index is 0.0785. The maximum absolute atomic E-state index is 13.2. The van der Waals surface area contributed by atoms with Crippen LogP contribution in [0.15, 0.2) is 53.4 Å². The van der Waals surface area contributed by atoms with E-state index in [9.17, 15) is 13.2 Å². The number of anilines is 1. The van der Waals surface area contributed by atoms with Crippen molar-refractivity contribution in [2.45, 2.75) is 30.9 Å². The fourth-order valence-corrected chi connectivity index (χ4v) is 4.90. The summed E-state index contributed by atoms with van der Waals surface area (Å²) in [6.45, 7) is 5.73. The lowest BCUT2D eigenvalue weighted by atomic mass is 10.0. The van der Waals surface area contributed by atoms with E-state index in [1.165, 1.54) is 12.1 Å². The maximum Gasteiger partial charge on any atom is 0.261 e. The molecule has 9 heteroatoms. The average molecular weight is 476 g/mol. The van der Waals surface area contributed by atoms with Crippen LogP contribution in [-0.2, 0) is 14.8 Å². The number of benzene rings is 2. The highest BCUT2D eigenvalue weighted by molar-refractivity contribution is 7.92. The predicted octanol–water partition coefficient (Wildman–Crippen LogP) is 2.92. The summed E-state index contributed by atoms with van der Waals surface area (Å²) in [5.41, 5.74) is 0.697. The Labute approximate surface area is 196 Å². The Bertz CT molecular complexity index is 1060. The lowest BCUT2D eigenvalue weighted by Gasteiger charge is -2.34. The van der Waals surface area contributed by atoms with Gasteiger partial charge in [-0.2, -0.15) is 0 Å². The molecule has 1 heterocycles. The molecule has 0 fully saturated rings. The van der Waals surface area contributed by atoms with Gasteiger partial charge < -0.3 is 14.4 Å². The van der Waals surface area contributed by atoms with Gasteiger partial charge in [0.2, 0.25) is 0 Å². The van der Waals surface area contributed by atoms with Gasteiger partial charge in [0.05, 0.1) is 22.3 Å². The van der Waals surface area contributed by atoms with Crippen LogP contribution < -0.4 is 9.46 Å². The van der Waals surface area contributed by atoms with Crippen LogP contribution >= 0.6 is 0 Å². The first-order valence-corrected chi connectivity index (χ1v) is 12.4. The number of methoxy groups -OCH3 is 1. The molecule has 0 aromatic heterocycles. The molecule has 1 N–H and O–H groups in total. The number of sulfonamides is 1. The number of nitrogens with zero attached hydrogens (tertiary/aromatic N) is 2. The number of hydrogen-bond acceptors (Lipinski definition) is 6. The molecule has 2 aromatic carbocycles. The van der Waals surface area contributed by atoms with Crippen LogP contribution in [0, 0.1) is 5.92 Å². The summed E-state index contributed by atoms with van der Waals surface area (Å²) >= 11 is 0. The van der Waals surface area contributed by atoms with Gasteiger partial charge in [-0.15, -0.1) is 0 Å².